The van der Waals surface area contributed by atoms with Crippen LogP contribution in [0.2, 0.25) is 0 Å². The van der Waals surface area contributed by atoms with Gasteiger partial charge in [0, 0.05) is 17.8 Å². The van der Waals surface area contributed by atoms with E-state index in [0.29, 0.717) is 34.4 Å². The fourth-order valence-electron chi connectivity index (χ4n) is 3.84. The lowest BCUT2D eigenvalue weighted by atomic mass is 10.2. The highest BCUT2D eigenvalue weighted by Crippen LogP contribution is 2.30. The molecular formula is C26H25N3O7. The predicted octanol–water partition coefficient (Wildman–Crippen LogP) is 2.83. The monoisotopic (exact) mass is 491 g/mol. The average Bonchev–Trinajstić information content (AvgIpc) is 2.91. The van der Waals surface area contributed by atoms with Crippen molar-refractivity contribution in [3.8, 4) is 28.7 Å². The highest BCUT2D eigenvalue weighted by molar-refractivity contribution is 5.92. The number of carbonyl (C=O) groups is 1. The quantitative estimate of drug-likeness (QED) is 0.404. The molecule has 36 heavy (non-hydrogen) atoms. The molecule has 0 saturated carbocycles. The smallest absolute Gasteiger partial charge is 0.336 e. The summed E-state index contributed by atoms with van der Waals surface area (Å²) in [5.41, 5.74) is -0.218. The van der Waals surface area contributed by atoms with Crippen molar-refractivity contribution < 1.29 is 23.7 Å². The van der Waals surface area contributed by atoms with Crippen molar-refractivity contribution in [1.82, 2.24) is 9.13 Å². The number of rotatable bonds is 8. The van der Waals surface area contributed by atoms with E-state index in [2.05, 4.69) is 5.32 Å². The summed E-state index contributed by atoms with van der Waals surface area (Å²) >= 11 is 0. The van der Waals surface area contributed by atoms with Gasteiger partial charge in [-0.1, -0.05) is 6.07 Å². The summed E-state index contributed by atoms with van der Waals surface area (Å²) in [6.45, 7) is -0.360. The summed E-state index contributed by atoms with van der Waals surface area (Å²) in [6.07, 6.45) is 0. The van der Waals surface area contributed by atoms with Gasteiger partial charge in [-0.15, -0.1) is 0 Å². The largest absolute Gasteiger partial charge is 0.497 e. The van der Waals surface area contributed by atoms with Crippen LogP contribution in [-0.4, -0.2) is 43.5 Å². The van der Waals surface area contributed by atoms with Gasteiger partial charge in [-0.3, -0.25) is 14.2 Å². The molecule has 10 nitrogen and oxygen atoms in total. The number of nitrogens with zero attached hydrogens (tertiary/aromatic N) is 2. The molecule has 4 aromatic rings. The lowest BCUT2D eigenvalue weighted by Crippen LogP contribution is -2.40. The Hall–Kier alpha value is -4.73. The number of carbonyl (C=O) groups excluding carboxylic acids is 1. The van der Waals surface area contributed by atoms with E-state index < -0.39 is 17.2 Å². The van der Waals surface area contributed by atoms with Gasteiger partial charge in [0.15, 0.2) is 11.5 Å². The molecule has 10 heteroatoms. The van der Waals surface area contributed by atoms with Crippen LogP contribution in [0.15, 0.2) is 70.3 Å². The van der Waals surface area contributed by atoms with Gasteiger partial charge in [-0.25, -0.2) is 9.36 Å². The molecule has 0 unspecified atom stereocenters. The number of amides is 1. The zero-order valence-electron chi connectivity index (χ0n) is 20.2. The fourth-order valence-corrected chi connectivity index (χ4v) is 3.84. The Morgan fingerprint density at radius 3 is 2.11 bits per heavy atom. The Kier molecular flexibility index (Phi) is 6.95. The number of methoxy groups -OCH3 is 4. The van der Waals surface area contributed by atoms with Crippen molar-refractivity contribution >= 4 is 22.5 Å². The Labute approximate surface area is 206 Å². The maximum Gasteiger partial charge on any atom is 0.336 e. The van der Waals surface area contributed by atoms with Crippen LogP contribution < -0.4 is 35.5 Å². The number of hydrogen-bond donors (Lipinski definition) is 1. The highest BCUT2D eigenvalue weighted by atomic mass is 16.5. The van der Waals surface area contributed by atoms with Gasteiger partial charge in [-0.2, -0.15) is 0 Å². The van der Waals surface area contributed by atoms with Crippen LogP contribution in [0.3, 0.4) is 0 Å². The minimum Gasteiger partial charge on any atom is -0.497 e. The molecule has 0 fully saturated rings. The SMILES string of the molecule is COc1ccc(NC(=O)Cn2c(=O)n(-c3cccc(OC)c3)c(=O)c3cc(OC)c(OC)cc32)cc1. The topological polar surface area (TPSA) is 110 Å². The molecule has 0 aliphatic rings. The number of nitrogens with one attached hydrogen (secondary N) is 1. The average molecular weight is 492 g/mol. The van der Waals surface area contributed by atoms with E-state index in [0.717, 1.165) is 4.57 Å². The van der Waals surface area contributed by atoms with Crippen molar-refractivity contribution in [3.05, 3.63) is 81.5 Å². The normalized spacial score (nSPS) is 10.7. The Morgan fingerprint density at radius 2 is 1.47 bits per heavy atom. The number of benzene rings is 3. The van der Waals surface area contributed by atoms with Crippen molar-refractivity contribution in [2.45, 2.75) is 6.54 Å². The van der Waals surface area contributed by atoms with Crippen LogP contribution in [0.1, 0.15) is 0 Å². The van der Waals surface area contributed by atoms with Crippen LogP contribution >= 0.6 is 0 Å². The van der Waals surface area contributed by atoms with E-state index in [1.807, 2.05) is 0 Å². The molecule has 0 aliphatic carbocycles. The summed E-state index contributed by atoms with van der Waals surface area (Å²) in [6, 6.07) is 16.3. The third kappa shape index (κ3) is 4.61. The number of anilines is 1. The van der Waals surface area contributed by atoms with E-state index in [9.17, 15) is 14.4 Å². The molecule has 0 spiro atoms. The van der Waals surface area contributed by atoms with Gasteiger partial charge in [0.25, 0.3) is 5.56 Å². The maximum atomic E-state index is 13.6. The van der Waals surface area contributed by atoms with E-state index in [4.69, 9.17) is 18.9 Å². The molecule has 0 radical (unpaired) electrons. The van der Waals surface area contributed by atoms with E-state index in [1.165, 1.54) is 38.0 Å². The number of aromatic nitrogens is 2. The first kappa shape index (κ1) is 24.4. The molecule has 1 heterocycles. The summed E-state index contributed by atoms with van der Waals surface area (Å²) < 4.78 is 23.3. The first-order valence-electron chi connectivity index (χ1n) is 10.9. The van der Waals surface area contributed by atoms with Gasteiger partial charge in [-0.05, 0) is 42.5 Å². The molecule has 0 saturated heterocycles. The molecule has 3 aromatic carbocycles. The van der Waals surface area contributed by atoms with Crippen LogP contribution in [-0.2, 0) is 11.3 Å². The van der Waals surface area contributed by atoms with Gasteiger partial charge < -0.3 is 24.3 Å². The van der Waals surface area contributed by atoms with Crippen molar-refractivity contribution in [2.75, 3.05) is 33.8 Å². The molecule has 0 atom stereocenters. The zero-order valence-corrected chi connectivity index (χ0v) is 20.2. The van der Waals surface area contributed by atoms with Gasteiger partial charge >= 0.3 is 5.69 Å². The number of fused-ring (bicyclic) bond motifs is 1. The molecule has 1 amide bonds. The van der Waals surface area contributed by atoms with Gasteiger partial charge in [0.1, 0.15) is 18.0 Å². The Bertz CT molecular complexity index is 1540. The van der Waals surface area contributed by atoms with Gasteiger partial charge in [0.05, 0.1) is 45.0 Å². The third-order valence-electron chi connectivity index (χ3n) is 5.64. The second kappa shape index (κ2) is 10.3. The molecule has 0 aliphatic heterocycles. The fraction of sp³-hybridized carbons (Fsp3) is 0.192. The first-order chi connectivity index (χ1) is 17.4. The maximum absolute atomic E-state index is 13.6. The third-order valence-corrected chi connectivity index (χ3v) is 5.64. The second-order valence-corrected chi connectivity index (χ2v) is 7.71. The molecule has 4 rings (SSSR count). The Balaban J connectivity index is 1.89. The standard InChI is InChI=1S/C26H25N3O7/c1-33-18-10-8-16(9-11-18)27-24(30)15-28-21-14-23(36-4)22(35-3)13-20(21)25(31)29(26(28)32)17-6-5-7-19(12-17)34-2/h5-14H,15H2,1-4H3,(H,27,30). The van der Waals surface area contributed by atoms with Crippen LogP contribution in [0.25, 0.3) is 16.6 Å². The predicted molar refractivity (Wildman–Crippen MR) is 135 cm³/mol. The first-order valence-corrected chi connectivity index (χ1v) is 10.9. The number of hydrogen-bond acceptors (Lipinski definition) is 7. The summed E-state index contributed by atoms with van der Waals surface area (Å²) in [7, 11) is 5.93. The van der Waals surface area contributed by atoms with Gasteiger partial charge in [0.2, 0.25) is 5.91 Å². The van der Waals surface area contributed by atoms with Crippen LogP contribution in [0.4, 0.5) is 5.69 Å². The summed E-state index contributed by atoms with van der Waals surface area (Å²) in [5.74, 6) is 1.27. The second-order valence-electron chi connectivity index (χ2n) is 7.71. The summed E-state index contributed by atoms with van der Waals surface area (Å²) in [4.78, 5) is 40.1. The minimum absolute atomic E-state index is 0.173. The van der Waals surface area contributed by atoms with Crippen molar-refractivity contribution in [1.29, 1.82) is 0 Å². The summed E-state index contributed by atoms with van der Waals surface area (Å²) in [5, 5.41) is 2.93. The van der Waals surface area contributed by atoms with Crippen LogP contribution in [0.5, 0.6) is 23.0 Å². The molecule has 0 bridgehead atoms. The molecule has 1 N–H and O–H groups in total. The minimum atomic E-state index is -0.696. The highest BCUT2D eigenvalue weighted by Gasteiger charge is 2.20. The number of ether oxygens (including phenoxy) is 4. The van der Waals surface area contributed by atoms with Crippen molar-refractivity contribution in [2.24, 2.45) is 0 Å². The lowest BCUT2D eigenvalue weighted by molar-refractivity contribution is -0.116. The molecular weight excluding hydrogens is 466 g/mol. The van der Waals surface area contributed by atoms with E-state index >= 15 is 0 Å². The van der Waals surface area contributed by atoms with E-state index in [-0.39, 0.29) is 17.4 Å². The zero-order chi connectivity index (χ0) is 25.8. The van der Waals surface area contributed by atoms with Crippen LogP contribution in [0, 0.1) is 0 Å². The molecule has 186 valence electrons. The van der Waals surface area contributed by atoms with Crippen molar-refractivity contribution in [3.63, 3.8) is 0 Å². The Morgan fingerprint density at radius 1 is 0.806 bits per heavy atom. The lowest BCUT2D eigenvalue weighted by Gasteiger charge is -2.17. The van der Waals surface area contributed by atoms with E-state index in [1.54, 1.807) is 55.6 Å². The molecule has 1 aromatic heterocycles.